The van der Waals surface area contributed by atoms with Crippen molar-refractivity contribution in [1.29, 1.82) is 0 Å². The number of para-hydroxylation sites is 2. The topological polar surface area (TPSA) is 76.9 Å². The van der Waals surface area contributed by atoms with Crippen molar-refractivity contribution in [3.05, 3.63) is 140 Å². The number of rotatable bonds is 4. The van der Waals surface area contributed by atoms with E-state index in [9.17, 15) is 14.4 Å². The Labute approximate surface area is 176 Å². The number of nitrogens with zero attached hydrogens (tertiary/aromatic N) is 2. The van der Waals surface area contributed by atoms with E-state index >= 15 is 0 Å². The SMILES string of the molecule is O=C(c1ccccc1)c1cc2c(=O)n(-c3ccccc3)c(=O)c=2n(-c2ccccc2)[nH]1. The Hall–Kier alpha value is -4.45. The average Bonchev–Trinajstić information content (AvgIpc) is 3.09. The summed E-state index contributed by atoms with van der Waals surface area (Å²) >= 11 is 0. The third kappa shape index (κ3) is 3.11. The molecular formula is C25H17N3O3. The van der Waals surface area contributed by atoms with Crippen molar-refractivity contribution < 1.29 is 4.79 Å². The quantitative estimate of drug-likeness (QED) is 0.465. The van der Waals surface area contributed by atoms with Gasteiger partial charge in [-0.05, 0) is 30.3 Å². The summed E-state index contributed by atoms with van der Waals surface area (Å²) in [4.78, 5) is 39.7. The molecule has 0 spiro atoms. The van der Waals surface area contributed by atoms with Crippen molar-refractivity contribution >= 4 is 5.78 Å². The molecule has 0 saturated heterocycles. The summed E-state index contributed by atoms with van der Waals surface area (Å²) in [5, 5.41) is 3.41. The van der Waals surface area contributed by atoms with Gasteiger partial charge in [-0.25, -0.2) is 9.25 Å². The Bertz CT molecular complexity index is 1560. The second-order valence-corrected chi connectivity index (χ2v) is 7.08. The maximum atomic E-state index is 13.3. The van der Waals surface area contributed by atoms with Gasteiger partial charge in [0.05, 0.1) is 16.6 Å². The molecule has 5 rings (SSSR count). The second kappa shape index (κ2) is 7.42. The van der Waals surface area contributed by atoms with Crippen molar-refractivity contribution in [2.75, 3.05) is 0 Å². The van der Waals surface area contributed by atoms with E-state index in [2.05, 4.69) is 5.10 Å². The molecule has 150 valence electrons. The molecule has 2 aliphatic heterocycles. The highest BCUT2D eigenvalue weighted by Crippen LogP contribution is 2.12. The Morgan fingerprint density at radius 3 is 1.84 bits per heavy atom. The van der Waals surface area contributed by atoms with Crippen LogP contribution in [0.5, 0.6) is 0 Å². The predicted molar refractivity (Wildman–Crippen MR) is 117 cm³/mol. The van der Waals surface area contributed by atoms with E-state index in [-0.39, 0.29) is 22.0 Å². The molecule has 31 heavy (non-hydrogen) atoms. The third-order valence-electron chi connectivity index (χ3n) is 5.15. The molecule has 0 aliphatic carbocycles. The van der Waals surface area contributed by atoms with Gasteiger partial charge < -0.3 is 0 Å². The number of hydrogen-bond donors (Lipinski definition) is 1. The lowest BCUT2D eigenvalue weighted by Crippen LogP contribution is -2.25. The molecule has 0 bridgehead atoms. The largest absolute Gasteiger partial charge is 0.290 e. The molecule has 3 aromatic rings. The van der Waals surface area contributed by atoms with Crippen molar-refractivity contribution in [2.24, 2.45) is 0 Å². The van der Waals surface area contributed by atoms with Crippen LogP contribution in [0.3, 0.4) is 0 Å². The van der Waals surface area contributed by atoms with Crippen LogP contribution in [0.25, 0.3) is 11.4 Å². The van der Waals surface area contributed by atoms with E-state index in [1.807, 2.05) is 30.3 Å². The van der Waals surface area contributed by atoms with Gasteiger partial charge in [-0.15, -0.1) is 0 Å². The summed E-state index contributed by atoms with van der Waals surface area (Å²) in [5.41, 5.74) is 0.888. The number of H-pyrrole nitrogens is 1. The van der Waals surface area contributed by atoms with E-state index in [0.29, 0.717) is 16.9 Å². The van der Waals surface area contributed by atoms with Gasteiger partial charge in [0.25, 0.3) is 11.1 Å². The van der Waals surface area contributed by atoms with Gasteiger partial charge in [0.15, 0.2) is 0 Å². The van der Waals surface area contributed by atoms with Crippen molar-refractivity contribution in [3.63, 3.8) is 0 Å². The molecule has 0 radical (unpaired) electrons. The van der Waals surface area contributed by atoms with Crippen LogP contribution in [0.15, 0.2) is 107 Å². The minimum absolute atomic E-state index is 0.177. The molecule has 0 amide bonds. The van der Waals surface area contributed by atoms with Crippen LogP contribution < -0.4 is 11.1 Å². The molecule has 2 aliphatic rings. The first kappa shape index (κ1) is 18.6. The fourth-order valence-electron chi connectivity index (χ4n) is 3.68. The Kier molecular flexibility index (Phi) is 4.45. The monoisotopic (exact) mass is 407 g/mol. The minimum Gasteiger partial charge on any atom is -0.290 e. The highest BCUT2D eigenvalue weighted by molar-refractivity contribution is 6.07. The molecule has 6 nitrogen and oxygen atoms in total. The van der Waals surface area contributed by atoms with E-state index in [0.717, 1.165) is 4.57 Å². The lowest BCUT2D eigenvalue weighted by molar-refractivity contribution is 0.103. The molecule has 3 aromatic carbocycles. The molecule has 6 heteroatoms. The predicted octanol–water partition coefficient (Wildman–Crippen LogP) is 3.27. The van der Waals surface area contributed by atoms with Crippen molar-refractivity contribution in [3.8, 4) is 11.4 Å². The maximum absolute atomic E-state index is 13.3. The standard InChI is InChI=1S/C25H17N3O3/c29-23(17-10-4-1-5-11-17)21-16-20-22(28(26-21)19-14-8-3-9-15-19)25(31)27(24(20)30)18-12-6-2-7-13-18/h1-16,26H. The second-order valence-electron chi connectivity index (χ2n) is 7.08. The van der Waals surface area contributed by atoms with Crippen LogP contribution >= 0.6 is 0 Å². The van der Waals surface area contributed by atoms with Gasteiger partial charge in [-0.2, -0.15) is 0 Å². The molecule has 0 fully saturated rings. The maximum Gasteiger partial charge on any atom is 0.284 e. The smallest absolute Gasteiger partial charge is 0.284 e. The van der Waals surface area contributed by atoms with Crippen LogP contribution in [0.2, 0.25) is 0 Å². The molecule has 1 N–H and O–H groups in total. The van der Waals surface area contributed by atoms with E-state index < -0.39 is 11.1 Å². The number of aromatic nitrogens is 3. The van der Waals surface area contributed by atoms with Gasteiger partial charge in [0, 0.05) is 5.56 Å². The Morgan fingerprint density at radius 2 is 1.23 bits per heavy atom. The summed E-state index contributed by atoms with van der Waals surface area (Å²) in [6.45, 7) is 0. The number of benzene rings is 3. The first-order chi connectivity index (χ1) is 15.1. The van der Waals surface area contributed by atoms with Crippen LogP contribution in [-0.2, 0) is 0 Å². The summed E-state index contributed by atoms with van der Waals surface area (Å²) in [7, 11) is 0. The van der Waals surface area contributed by atoms with E-state index in [4.69, 9.17) is 0 Å². The molecule has 0 saturated carbocycles. The summed E-state index contributed by atoms with van der Waals surface area (Å²) in [5.74, 6) is -0.272. The number of hydrogen-bond acceptors (Lipinski definition) is 3. The van der Waals surface area contributed by atoms with E-state index in [1.165, 1.54) is 10.7 Å². The summed E-state index contributed by atoms with van der Waals surface area (Å²) in [6, 6.07) is 28.1. The number of carbonyl (C=O) groups excluding carboxylic acids is 1. The van der Waals surface area contributed by atoms with Crippen LogP contribution in [0.4, 0.5) is 0 Å². The van der Waals surface area contributed by atoms with Gasteiger partial charge in [-0.3, -0.25) is 19.5 Å². The minimum atomic E-state index is -0.466. The lowest BCUT2D eigenvalue weighted by Gasteiger charge is -2.10. The van der Waals surface area contributed by atoms with Gasteiger partial charge in [-0.1, -0.05) is 66.7 Å². The number of ketones is 1. The normalized spacial score (nSPS) is 11.0. The van der Waals surface area contributed by atoms with E-state index in [1.54, 1.807) is 60.7 Å². The zero-order chi connectivity index (χ0) is 21.4. The Balaban J connectivity index is 1.87. The fourth-order valence-corrected chi connectivity index (χ4v) is 3.68. The number of carbonyl (C=O) groups is 1. The van der Waals surface area contributed by atoms with Crippen LogP contribution in [0.1, 0.15) is 16.1 Å². The zero-order valence-corrected chi connectivity index (χ0v) is 16.4. The van der Waals surface area contributed by atoms with Gasteiger partial charge >= 0.3 is 0 Å². The highest BCUT2D eigenvalue weighted by atomic mass is 16.2. The lowest BCUT2D eigenvalue weighted by atomic mass is 10.1. The first-order valence-corrected chi connectivity index (χ1v) is 9.76. The number of aromatic amines is 1. The Morgan fingerprint density at radius 1 is 0.677 bits per heavy atom. The van der Waals surface area contributed by atoms with Crippen LogP contribution in [-0.4, -0.2) is 20.1 Å². The van der Waals surface area contributed by atoms with Crippen molar-refractivity contribution in [2.45, 2.75) is 0 Å². The zero-order valence-electron chi connectivity index (χ0n) is 16.4. The highest BCUT2D eigenvalue weighted by Gasteiger charge is 2.19. The molecule has 0 aromatic heterocycles. The van der Waals surface area contributed by atoms with Gasteiger partial charge in [0.2, 0.25) is 5.78 Å². The summed E-state index contributed by atoms with van der Waals surface area (Å²) in [6.07, 6.45) is 0. The number of nitrogens with one attached hydrogen (secondary N) is 1. The third-order valence-corrected chi connectivity index (χ3v) is 5.15. The fraction of sp³-hybridized carbons (Fsp3) is 0. The van der Waals surface area contributed by atoms with Gasteiger partial charge in [0.1, 0.15) is 11.0 Å². The molecule has 0 atom stereocenters. The average molecular weight is 407 g/mol. The van der Waals surface area contributed by atoms with Crippen LogP contribution in [0, 0.1) is 10.6 Å². The van der Waals surface area contributed by atoms with Crippen molar-refractivity contribution in [1.82, 2.24) is 14.3 Å². The molecule has 0 unspecified atom stereocenters. The summed E-state index contributed by atoms with van der Waals surface area (Å²) < 4.78 is 2.64. The molecule has 2 heterocycles. The molecular weight excluding hydrogens is 390 g/mol. The first-order valence-electron chi connectivity index (χ1n) is 9.76.